The zero-order valence-electron chi connectivity index (χ0n) is 8.08. The number of nitrogens with two attached hydrogens (primary N) is 1. The molecule has 2 aromatic rings. The summed E-state index contributed by atoms with van der Waals surface area (Å²) in [6, 6.07) is 5.26. The van der Waals surface area contributed by atoms with Crippen molar-refractivity contribution in [3.05, 3.63) is 28.8 Å². The Morgan fingerprint density at radius 1 is 1.47 bits per heavy atom. The minimum atomic E-state index is 0.0855. The molecule has 0 saturated heterocycles. The fourth-order valence-electron chi connectivity index (χ4n) is 1.34. The molecule has 0 aliphatic carbocycles. The van der Waals surface area contributed by atoms with Gasteiger partial charge in [0.2, 0.25) is 0 Å². The molecule has 1 aromatic carbocycles. The second kappa shape index (κ2) is 3.47. The first-order valence-electron chi connectivity index (χ1n) is 4.39. The summed E-state index contributed by atoms with van der Waals surface area (Å²) in [5.41, 5.74) is 7.59. The van der Waals surface area contributed by atoms with Gasteiger partial charge in [-0.25, -0.2) is 0 Å². The Labute approximate surface area is 91.7 Å². The van der Waals surface area contributed by atoms with E-state index in [0.717, 1.165) is 5.56 Å². The Hall–Kier alpha value is -1.68. The fourth-order valence-corrected chi connectivity index (χ4v) is 1.66. The molecule has 78 valence electrons. The van der Waals surface area contributed by atoms with Crippen LogP contribution in [0.3, 0.4) is 0 Å². The third-order valence-corrected chi connectivity index (χ3v) is 2.59. The van der Waals surface area contributed by atoms with E-state index in [2.05, 4.69) is 10.2 Å². The van der Waals surface area contributed by atoms with Crippen LogP contribution in [-0.4, -0.2) is 15.3 Å². The Kier molecular flexibility index (Phi) is 2.28. The van der Waals surface area contributed by atoms with Gasteiger partial charge in [-0.05, 0) is 12.5 Å². The number of anilines is 1. The van der Waals surface area contributed by atoms with Crippen molar-refractivity contribution in [2.75, 3.05) is 5.73 Å². The Morgan fingerprint density at radius 2 is 2.20 bits per heavy atom. The molecule has 0 amide bonds. The highest BCUT2D eigenvalue weighted by atomic mass is 35.5. The van der Waals surface area contributed by atoms with Gasteiger partial charge in [0.15, 0.2) is 0 Å². The molecule has 0 spiro atoms. The molecule has 4 N–H and O–H groups in total. The maximum absolute atomic E-state index is 9.66. The van der Waals surface area contributed by atoms with Crippen LogP contribution in [0.4, 0.5) is 5.82 Å². The molecule has 1 heterocycles. The number of hydrogen-bond acceptors (Lipinski definition) is 3. The van der Waals surface area contributed by atoms with E-state index >= 15 is 0 Å². The molecule has 0 unspecified atom stereocenters. The summed E-state index contributed by atoms with van der Waals surface area (Å²) < 4.78 is 0. The normalized spacial score (nSPS) is 10.5. The van der Waals surface area contributed by atoms with Crippen molar-refractivity contribution in [3.63, 3.8) is 0 Å². The zero-order valence-corrected chi connectivity index (χ0v) is 8.84. The number of aromatic nitrogens is 2. The largest absolute Gasteiger partial charge is 0.506 e. The van der Waals surface area contributed by atoms with Crippen molar-refractivity contribution in [1.29, 1.82) is 0 Å². The molecule has 0 aliphatic rings. The number of hydrogen-bond donors (Lipinski definition) is 3. The van der Waals surface area contributed by atoms with E-state index in [0.29, 0.717) is 22.1 Å². The molecular weight excluding hydrogens is 214 g/mol. The van der Waals surface area contributed by atoms with Crippen LogP contribution in [0.2, 0.25) is 5.02 Å². The zero-order chi connectivity index (χ0) is 11.0. The van der Waals surface area contributed by atoms with Gasteiger partial charge in [-0.15, -0.1) is 0 Å². The number of phenols is 1. The number of nitrogens with one attached hydrogen (secondary N) is 1. The molecular formula is C10H10ClN3O. The molecule has 0 bridgehead atoms. The van der Waals surface area contributed by atoms with Crippen LogP contribution in [0.1, 0.15) is 5.56 Å². The first-order valence-corrected chi connectivity index (χ1v) is 4.76. The van der Waals surface area contributed by atoms with E-state index in [-0.39, 0.29) is 5.75 Å². The lowest BCUT2D eigenvalue weighted by molar-refractivity contribution is 0.471. The lowest BCUT2D eigenvalue weighted by Crippen LogP contribution is -1.83. The van der Waals surface area contributed by atoms with E-state index < -0.39 is 0 Å². The average molecular weight is 224 g/mol. The van der Waals surface area contributed by atoms with Gasteiger partial charge in [0.1, 0.15) is 11.6 Å². The predicted molar refractivity (Wildman–Crippen MR) is 59.8 cm³/mol. The summed E-state index contributed by atoms with van der Waals surface area (Å²) in [4.78, 5) is 0. The third kappa shape index (κ3) is 1.64. The van der Waals surface area contributed by atoms with Gasteiger partial charge in [0.25, 0.3) is 0 Å². The number of rotatable bonds is 1. The highest BCUT2D eigenvalue weighted by molar-refractivity contribution is 6.34. The van der Waals surface area contributed by atoms with Gasteiger partial charge >= 0.3 is 0 Å². The second-order valence-electron chi connectivity index (χ2n) is 3.30. The van der Waals surface area contributed by atoms with Crippen molar-refractivity contribution >= 4 is 17.4 Å². The topological polar surface area (TPSA) is 74.9 Å². The molecule has 0 saturated carbocycles. The lowest BCUT2D eigenvalue weighted by atomic mass is 10.1. The summed E-state index contributed by atoms with van der Waals surface area (Å²) >= 11 is 6.00. The number of phenolic OH excluding ortho intramolecular Hbond substituents is 1. The standard InChI is InChI=1S/C10H10ClN3O/c1-5-2-3-6(9(11)10(5)15)7-4-8(12)14-13-7/h2-4,15H,1H3,(H3,12,13,14). The molecule has 15 heavy (non-hydrogen) atoms. The van der Waals surface area contributed by atoms with Crippen LogP contribution in [0, 0.1) is 6.92 Å². The van der Waals surface area contributed by atoms with Crippen LogP contribution in [0.25, 0.3) is 11.3 Å². The van der Waals surface area contributed by atoms with Crippen molar-refractivity contribution < 1.29 is 5.11 Å². The summed E-state index contributed by atoms with van der Waals surface area (Å²) in [7, 11) is 0. The molecule has 5 heteroatoms. The van der Waals surface area contributed by atoms with Crippen molar-refractivity contribution in [3.8, 4) is 17.0 Å². The number of aromatic amines is 1. The first kappa shape index (κ1) is 9.86. The van der Waals surface area contributed by atoms with E-state index in [9.17, 15) is 5.11 Å². The molecule has 0 radical (unpaired) electrons. The Morgan fingerprint density at radius 3 is 2.80 bits per heavy atom. The van der Waals surface area contributed by atoms with Crippen LogP contribution in [-0.2, 0) is 0 Å². The summed E-state index contributed by atoms with van der Waals surface area (Å²) in [6.07, 6.45) is 0. The van der Waals surface area contributed by atoms with E-state index in [1.54, 1.807) is 19.1 Å². The van der Waals surface area contributed by atoms with Gasteiger partial charge in [-0.3, -0.25) is 5.10 Å². The number of aryl methyl sites for hydroxylation is 1. The molecule has 2 rings (SSSR count). The van der Waals surface area contributed by atoms with E-state index in [1.807, 2.05) is 6.07 Å². The van der Waals surface area contributed by atoms with Crippen molar-refractivity contribution in [2.24, 2.45) is 0 Å². The number of benzene rings is 1. The van der Waals surface area contributed by atoms with Gasteiger partial charge in [-0.2, -0.15) is 5.10 Å². The summed E-state index contributed by atoms with van der Waals surface area (Å²) in [5, 5.41) is 16.5. The van der Waals surface area contributed by atoms with E-state index in [4.69, 9.17) is 17.3 Å². The first-order chi connectivity index (χ1) is 7.09. The van der Waals surface area contributed by atoms with Crippen molar-refractivity contribution in [2.45, 2.75) is 6.92 Å². The molecule has 0 atom stereocenters. The number of aromatic hydroxyl groups is 1. The molecule has 0 fully saturated rings. The highest BCUT2D eigenvalue weighted by Gasteiger charge is 2.11. The van der Waals surface area contributed by atoms with Gasteiger partial charge < -0.3 is 10.8 Å². The second-order valence-corrected chi connectivity index (χ2v) is 3.68. The van der Waals surface area contributed by atoms with E-state index in [1.165, 1.54) is 0 Å². The number of H-pyrrole nitrogens is 1. The van der Waals surface area contributed by atoms with Crippen LogP contribution >= 0.6 is 11.6 Å². The Bertz CT molecular complexity index is 507. The monoisotopic (exact) mass is 223 g/mol. The highest BCUT2D eigenvalue weighted by Crippen LogP contribution is 2.36. The van der Waals surface area contributed by atoms with Crippen LogP contribution in [0.5, 0.6) is 5.75 Å². The predicted octanol–water partition coefficient (Wildman–Crippen LogP) is 2.33. The van der Waals surface area contributed by atoms with Crippen molar-refractivity contribution in [1.82, 2.24) is 10.2 Å². The van der Waals surface area contributed by atoms with Gasteiger partial charge in [0.05, 0.1) is 10.7 Å². The maximum Gasteiger partial charge on any atom is 0.145 e. The summed E-state index contributed by atoms with van der Waals surface area (Å²) in [6.45, 7) is 1.78. The van der Waals surface area contributed by atoms with Gasteiger partial charge in [-0.1, -0.05) is 23.7 Å². The average Bonchev–Trinajstić information content (AvgIpc) is 2.61. The molecule has 0 aliphatic heterocycles. The smallest absolute Gasteiger partial charge is 0.145 e. The number of nitrogen functional groups attached to an aromatic ring is 1. The quantitative estimate of drug-likeness (QED) is 0.695. The number of nitrogens with zero attached hydrogens (tertiary/aromatic N) is 1. The third-order valence-electron chi connectivity index (χ3n) is 2.21. The molecule has 4 nitrogen and oxygen atoms in total. The minimum Gasteiger partial charge on any atom is -0.506 e. The molecule has 1 aromatic heterocycles. The minimum absolute atomic E-state index is 0.0855. The summed E-state index contributed by atoms with van der Waals surface area (Å²) in [5.74, 6) is 0.475. The number of halogens is 1. The fraction of sp³-hybridized carbons (Fsp3) is 0.100. The maximum atomic E-state index is 9.66. The SMILES string of the molecule is Cc1ccc(-c2cc(N)n[nH]2)c(Cl)c1O. The van der Waals surface area contributed by atoms with Crippen LogP contribution in [0.15, 0.2) is 18.2 Å². The Balaban J connectivity index is 2.59. The lowest BCUT2D eigenvalue weighted by Gasteiger charge is -2.05. The van der Waals surface area contributed by atoms with Crippen LogP contribution < -0.4 is 5.73 Å². The van der Waals surface area contributed by atoms with Gasteiger partial charge in [0, 0.05) is 11.6 Å².